The minimum Gasteiger partial charge on any atom is -0.477 e. The predicted molar refractivity (Wildman–Crippen MR) is 74.2 cm³/mol. The molecule has 110 valence electrons. The Hall–Kier alpha value is -3.30. The van der Waals surface area contributed by atoms with E-state index in [2.05, 4.69) is 25.4 Å². The lowest BCUT2D eigenvalue weighted by molar-refractivity contribution is 0.0691. The minimum absolute atomic E-state index is 0.0785. The zero-order chi connectivity index (χ0) is 15.6. The highest BCUT2D eigenvalue weighted by atomic mass is 16.4. The molecule has 3 heterocycles. The van der Waals surface area contributed by atoms with Crippen LogP contribution in [0.2, 0.25) is 0 Å². The summed E-state index contributed by atoms with van der Waals surface area (Å²) in [6.07, 6.45) is 0. The Morgan fingerprint density at radius 3 is 2.38 bits per heavy atom. The normalized spacial score (nSPS) is 10.1. The summed E-state index contributed by atoms with van der Waals surface area (Å²) < 4.78 is 0. The van der Waals surface area contributed by atoms with E-state index in [1.54, 1.807) is 6.92 Å². The first kappa shape index (κ1) is 14.1. The number of nitrogens with zero attached hydrogens (tertiary/aromatic N) is 1. The Balaban J connectivity index is 0.000000194. The number of pyridine rings is 1. The maximum atomic E-state index is 11.2. The summed E-state index contributed by atoms with van der Waals surface area (Å²) in [5, 5.41) is 18.6. The van der Waals surface area contributed by atoms with Gasteiger partial charge in [0.05, 0.1) is 5.39 Å². The number of carbonyl (C=O) groups is 1. The van der Waals surface area contributed by atoms with Crippen LogP contribution in [0.5, 0.6) is 0 Å². The summed E-state index contributed by atoms with van der Waals surface area (Å²) in [6.45, 7) is 1.67. The smallest absolute Gasteiger partial charge is 0.354 e. The highest BCUT2D eigenvalue weighted by Crippen LogP contribution is 2.11. The number of hydrogen-bond acceptors (Lipinski definition) is 5. The molecule has 0 aliphatic rings. The van der Waals surface area contributed by atoms with Gasteiger partial charge in [-0.2, -0.15) is 0 Å². The van der Waals surface area contributed by atoms with Crippen LogP contribution < -0.4 is 16.9 Å². The van der Waals surface area contributed by atoms with Crippen LogP contribution in [-0.4, -0.2) is 36.5 Å². The van der Waals surface area contributed by atoms with E-state index < -0.39 is 5.97 Å². The second-order valence-electron chi connectivity index (χ2n) is 4.15. The predicted octanol–water partition coefficient (Wildman–Crippen LogP) is -0.457. The lowest BCUT2D eigenvalue weighted by Crippen LogP contribution is -2.04. The van der Waals surface area contributed by atoms with Crippen LogP contribution in [0.15, 0.2) is 21.7 Å². The Bertz CT molecular complexity index is 899. The number of carboxylic acids is 1. The quantitative estimate of drug-likeness (QED) is 0.354. The van der Waals surface area contributed by atoms with Crippen LogP contribution in [0.1, 0.15) is 16.1 Å². The molecule has 0 fully saturated rings. The van der Waals surface area contributed by atoms with Gasteiger partial charge in [0, 0.05) is 6.07 Å². The number of H-pyrrole nitrogens is 4. The molecule has 0 spiro atoms. The molecule has 0 atom stereocenters. The molecule has 10 nitrogen and oxygen atoms in total. The Labute approximate surface area is 116 Å². The van der Waals surface area contributed by atoms with Gasteiger partial charge in [0.1, 0.15) is 5.82 Å². The fourth-order valence-corrected chi connectivity index (χ4v) is 1.68. The van der Waals surface area contributed by atoms with Crippen molar-refractivity contribution < 1.29 is 9.90 Å². The average molecular weight is 292 g/mol. The first-order valence-electron chi connectivity index (χ1n) is 5.73. The Morgan fingerprint density at radius 2 is 1.90 bits per heavy atom. The number of fused-ring (bicyclic) bond motifs is 1. The van der Waals surface area contributed by atoms with Crippen LogP contribution in [0.4, 0.5) is 5.82 Å². The Kier molecular flexibility index (Phi) is 3.61. The van der Waals surface area contributed by atoms with Gasteiger partial charge in [-0.15, -0.1) is 0 Å². The van der Waals surface area contributed by atoms with Crippen LogP contribution in [0.25, 0.3) is 11.0 Å². The van der Waals surface area contributed by atoms with Gasteiger partial charge < -0.3 is 10.8 Å². The molecule has 10 heteroatoms. The first-order chi connectivity index (χ1) is 9.88. The van der Waals surface area contributed by atoms with Crippen molar-refractivity contribution in [1.82, 2.24) is 25.4 Å². The van der Waals surface area contributed by atoms with E-state index in [9.17, 15) is 14.4 Å². The molecule has 0 radical (unpaired) electrons. The van der Waals surface area contributed by atoms with Crippen LogP contribution in [0.3, 0.4) is 0 Å². The molecule has 3 rings (SSSR count). The van der Waals surface area contributed by atoms with E-state index in [1.165, 1.54) is 12.1 Å². The second kappa shape index (κ2) is 5.36. The van der Waals surface area contributed by atoms with Gasteiger partial charge in [0.15, 0.2) is 11.3 Å². The van der Waals surface area contributed by atoms with Crippen molar-refractivity contribution in [3.63, 3.8) is 0 Å². The number of nitrogen functional groups attached to an aromatic ring is 1. The summed E-state index contributed by atoms with van der Waals surface area (Å²) in [5.41, 5.74) is 5.39. The molecule has 0 aliphatic carbocycles. The summed E-state index contributed by atoms with van der Waals surface area (Å²) in [5.74, 6) is -0.748. The number of carboxylic acid groups (broad SMARTS) is 1. The lowest BCUT2D eigenvalue weighted by atomic mass is 10.2. The van der Waals surface area contributed by atoms with Crippen molar-refractivity contribution in [2.24, 2.45) is 0 Å². The maximum Gasteiger partial charge on any atom is 0.354 e. The van der Waals surface area contributed by atoms with Crippen LogP contribution in [0, 0.1) is 6.92 Å². The highest BCUT2D eigenvalue weighted by Gasteiger charge is 2.11. The van der Waals surface area contributed by atoms with Gasteiger partial charge in [-0.1, -0.05) is 0 Å². The number of anilines is 1. The largest absolute Gasteiger partial charge is 0.477 e. The number of aryl methyl sites for hydroxylation is 1. The standard InChI is InChI=1S/C8H7N3O3.C3H5N3O/c1-3-2-4(8(13)14)9-6-5(3)7(12)11-10-6;4-2-1-3(7)6-5-2/h2H,1H3,(H,13,14)(H2,9,10,11,12);1H,(H4,4,5,6,7). The number of aromatic nitrogens is 5. The molecule has 0 unspecified atom stereocenters. The fourth-order valence-electron chi connectivity index (χ4n) is 1.68. The van der Waals surface area contributed by atoms with Gasteiger partial charge in [0.2, 0.25) is 0 Å². The Morgan fingerprint density at radius 1 is 1.19 bits per heavy atom. The number of nitrogens with one attached hydrogen (secondary N) is 4. The van der Waals surface area contributed by atoms with Gasteiger partial charge in [-0.05, 0) is 18.6 Å². The molecule has 0 aliphatic heterocycles. The van der Waals surface area contributed by atoms with Crippen molar-refractivity contribution in [1.29, 1.82) is 0 Å². The third kappa shape index (κ3) is 3.00. The SMILES string of the molecule is Cc1cc(C(=O)O)nc2[nH][nH]c(=O)c12.Nc1cc(=O)[nH][nH]1. The first-order valence-corrected chi connectivity index (χ1v) is 5.73. The summed E-state index contributed by atoms with van der Waals surface area (Å²) in [7, 11) is 0. The highest BCUT2D eigenvalue weighted by molar-refractivity contribution is 5.89. The molecule has 7 N–H and O–H groups in total. The summed E-state index contributed by atoms with van der Waals surface area (Å²) in [6, 6.07) is 2.65. The monoisotopic (exact) mass is 292 g/mol. The van der Waals surface area contributed by atoms with Gasteiger partial charge in [-0.3, -0.25) is 30.0 Å². The maximum absolute atomic E-state index is 11.2. The fraction of sp³-hybridized carbons (Fsp3) is 0.0909. The number of hydrogen-bond donors (Lipinski definition) is 6. The molecular formula is C11H12N6O4. The number of nitrogens with two attached hydrogens (primary N) is 1. The molecule has 3 aromatic heterocycles. The number of aromatic carboxylic acids is 1. The van der Waals surface area contributed by atoms with E-state index >= 15 is 0 Å². The van der Waals surface area contributed by atoms with Gasteiger partial charge in [0.25, 0.3) is 11.1 Å². The van der Waals surface area contributed by atoms with E-state index in [1.807, 2.05) is 0 Å². The number of aromatic amines is 4. The van der Waals surface area contributed by atoms with Gasteiger partial charge >= 0.3 is 5.97 Å². The summed E-state index contributed by atoms with van der Waals surface area (Å²) >= 11 is 0. The molecule has 3 aromatic rings. The average Bonchev–Trinajstić information content (AvgIpc) is 2.96. The molecule has 21 heavy (non-hydrogen) atoms. The van der Waals surface area contributed by atoms with E-state index in [0.717, 1.165) is 0 Å². The van der Waals surface area contributed by atoms with E-state index in [0.29, 0.717) is 16.8 Å². The zero-order valence-electron chi connectivity index (χ0n) is 10.9. The molecule has 0 amide bonds. The molecule has 0 saturated carbocycles. The van der Waals surface area contributed by atoms with E-state index in [-0.39, 0.29) is 22.5 Å². The van der Waals surface area contributed by atoms with Crippen molar-refractivity contribution in [3.8, 4) is 0 Å². The van der Waals surface area contributed by atoms with Crippen molar-refractivity contribution in [2.75, 3.05) is 5.73 Å². The molecule has 0 bridgehead atoms. The minimum atomic E-state index is -1.11. The second-order valence-corrected chi connectivity index (χ2v) is 4.15. The molecular weight excluding hydrogens is 280 g/mol. The van der Waals surface area contributed by atoms with E-state index in [4.69, 9.17) is 10.8 Å². The van der Waals surface area contributed by atoms with Crippen molar-refractivity contribution >= 4 is 22.8 Å². The van der Waals surface area contributed by atoms with Crippen LogP contribution in [-0.2, 0) is 0 Å². The van der Waals surface area contributed by atoms with Gasteiger partial charge in [-0.25, -0.2) is 9.78 Å². The molecule has 0 saturated heterocycles. The number of rotatable bonds is 1. The molecule has 0 aromatic carbocycles. The zero-order valence-corrected chi connectivity index (χ0v) is 10.9. The third-order valence-corrected chi connectivity index (χ3v) is 2.57. The third-order valence-electron chi connectivity index (χ3n) is 2.57. The van der Waals surface area contributed by atoms with Crippen molar-refractivity contribution in [3.05, 3.63) is 44.1 Å². The topological polar surface area (TPSA) is 174 Å². The summed E-state index contributed by atoms with van der Waals surface area (Å²) in [4.78, 5) is 35.7. The van der Waals surface area contributed by atoms with Crippen molar-refractivity contribution in [2.45, 2.75) is 6.92 Å². The lowest BCUT2D eigenvalue weighted by Gasteiger charge is -1.96. The van der Waals surface area contributed by atoms with Crippen LogP contribution >= 0.6 is 0 Å².